The first-order chi connectivity index (χ1) is 9.49. The summed E-state index contributed by atoms with van der Waals surface area (Å²) < 4.78 is 0. The molecule has 1 rings (SSSR count). The van der Waals surface area contributed by atoms with Crippen LogP contribution in [0.3, 0.4) is 0 Å². The first-order valence-corrected chi connectivity index (χ1v) is 8.00. The first-order valence-electron chi connectivity index (χ1n) is 6.61. The first kappa shape index (κ1) is 16.6. The second-order valence-electron chi connectivity index (χ2n) is 4.81. The summed E-state index contributed by atoms with van der Waals surface area (Å²) in [7, 11) is 0. The minimum atomic E-state index is -0.993. The van der Waals surface area contributed by atoms with Crippen molar-refractivity contribution >= 4 is 23.6 Å². The predicted molar refractivity (Wildman–Crippen MR) is 82.0 cm³/mol. The molecule has 110 valence electrons. The molecule has 4 nitrogen and oxygen atoms in total. The maximum absolute atomic E-state index is 12.2. The fourth-order valence-corrected chi connectivity index (χ4v) is 2.39. The zero-order valence-corrected chi connectivity index (χ0v) is 12.9. The lowest BCUT2D eigenvalue weighted by Crippen LogP contribution is -2.45. The molecule has 0 fully saturated rings. The van der Waals surface area contributed by atoms with Crippen LogP contribution < -0.4 is 5.32 Å². The summed E-state index contributed by atoms with van der Waals surface area (Å²) in [4.78, 5) is 23.4. The van der Waals surface area contributed by atoms with Gasteiger partial charge in [0, 0.05) is 11.3 Å². The van der Waals surface area contributed by atoms with Gasteiger partial charge in [-0.15, -0.1) is 0 Å². The average molecular weight is 295 g/mol. The molecule has 0 bridgehead atoms. The van der Waals surface area contributed by atoms with Gasteiger partial charge in [-0.25, -0.2) is 4.79 Å². The number of thioether (sulfide) groups is 1. The Labute approximate surface area is 124 Å². The molecule has 0 spiro atoms. The van der Waals surface area contributed by atoms with E-state index < -0.39 is 12.0 Å². The molecule has 0 saturated carbocycles. The summed E-state index contributed by atoms with van der Waals surface area (Å²) in [5.41, 5.74) is 1.56. The molecule has 0 heterocycles. The quantitative estimate of drug-likeness (QED) is 0.811. The maximum atomic E-state index is 12.2. The molecule has 1 amide bonds. The van der Waals surface area contributed by atoms with Crippen LogP contribution in [0.15, 0.2) is 24.3 Å². The summed E-state index contributed by atoms with van der Waals surface area (Å²) in [6.45, 7) is 3.73. The van der Waals surface area contributed by atoms with Crippen LogP contribution in [0.5, 0.6) is 0 Å². The number of nitrogens with one attached hydrogen (secondary N) is 1. The molecule has 0 aromatic heterocycles. The Morgan fingerprint density at radius 1 is 1.40 bits per heavy atom. The van der Waals surface area contributed by atoms with Gasteiger partial charge in [-0.1, -0.05) is 32.4 Å². The van der Waals surface area contributed by atoms with Crippen LogP contribution >= 0.6 is 11.8 Å². The molecule has 20 heavy (non-hydrogen) atoms. The largest absolute Gasteiger partial charge is 0.480 e. The SMILES string of the molecule is CC[C@H](C)[C@H](NC(=O)c1cccc(CSC)c1)C(=O)O. The third-order valence-electron chi connectivity index (χ3n) is 3.27. The second kappa shape index (κ2) is 7.94. The summed E-state index contributed by atoms with van der Waals surface area (Å²) in [6.07, 6.45) is 2.69. The van der Waals surface area contributed by atoms with Crippen LogP contribution in [-0.4, -0.2) is 29.3 Å². The van der Waals surface area contributed by atoms with Crippen molar-refractivity contribution in [3.05, 3.63) is 35.4 Å². The van der Waals surface area contributed by atoms with Crippen molar-refractivity contribution in [2.45, 2.75) is 32.1 Å². The molecular formula is C15H21NO3S. The van der Waals surface area contributed by atoms with Gasteiger partial charge in [-0.2, -0.15) is 11.8 Å². The van der Waals surface area contributed by atoms with Gasteiger partial charge in [-0.3, -0.25) is 4.79 Å². The number of benzene rings is 1. The summed E-state index contributed by atoms with van der Waals surface area (Å²) >= 11 is 1.68. The third-order valence-corrected chi connectivity index (χ3v) is 3.89. The number of carbonyl (C=O) groups is 2. The van der Waals surface area contributed by atoms with E-state index in [-0.39, 0.29) is 11.8 Å². The number of hydrogen-bond acceptors (Lipinski definition) is 3. The van der Waals surface area contributed by atoms with Gasteiger partial charge in [0.05, 0.1) is 0 Å². The van der Waals surface area contributed by atoms with E-state index in [1.807, 2.05) is 32.2 Å². The van der Waals surface area contributed by atoms with E-state index in [4.69, 9.17) is 0 Å². The molecule has 2 atom stereocenters. The van der Waals surface area contributed by atoms with Gasteiger partial charge >= 0.3 is 5.97 Å². The molecule has 5 heteroatoms. The number of carboxylic acid groups (broad SMARTS) is 1. The Kier molecular flexibility index (Phi) is 6.58. The summed E-state index contributed by atoms with van der Waals surface area (Å²) in [6, 6.07) is 6.43. The van der Waals surface area contributed by atoms with Crippen molar-refractivity contribution < 1.29 is 14.7 Å². The lowest BCUT2D eigenvalue weighted by Gasteiger charge is -2.20. The van der Waals surface area contributed by atoms with Gasteiger partial charge in [0.15, 0.2) is 0 Å². The zero-order valence-electron chi connectivity index (χ0n) is 12.1. The van der Waals surface area contributed by atoms with E-state index in [1.54, 1.807) is 23.9 Å². The van der Waals surface area contributed by atoms with E-state index in [2.05, 4.69) is 5.32 Å². The summed E-state index contributed by atoms with van der Waals surface area (Å²) in [5.74, 6) is -0.603. The molecule has 1 aromatic rings. The Morgan fingerprint density at radius 2 is 2.10 bits per heavy atom. The lowest BCUT2D eigenvalue weighted by atomic mass is 9.99. The standard InChI is InChI=1S/C15H21NO3S/c1-4-10(2)13(15(18)19)16-14(17)12-7-5-6-11(8-12)9-20-3/h5-8,10,13H,4,9H2,1-3H3,(H,16,17)(H,18,19)/t10-,13-/m0/s1. The highest BCUT2D eigenvalue weighted by atomic mass is 32.2. The number of carboxylic acids is 1. The molecule has 0 unspecified atom stereocenters. The minimum absolute atomic E-state index is 0.106. The van der Waals surface area contributed by atoms with Crippen LogP contribution in [0.4, 0.5) is 0 Å². The normalized spacial score (nSPS) is 13.6. The molecule has 0 saturated heterocycles. The van der Waals surface area contributed by atoms with E-state index in [0.717, 1.165) is 11.3 Å². The number of hydrogen-bond donors (Lipinski definition) is 2. The van der Waals surface area contributed by atoms with E-state index in [0.29, 0.717) is 12.0 Å². The maximum Gasteiger partial charge on any atom is 0.326 e. The highest BCUT2D eigenvalue weighted by molar-refractivity contribution is 7.97. The van der Waals surface area contributed by atoms with Crippen molar-refractivity contribution in [3.8, 4) is 0 Å². The monoisotopic (exact) mass is 295 g/mol. The van der Waals surface area contributed by atoms with Crippen LogP contribution in [0, 0.1) is 5.92 Å². The molecule has 0 aliphatic heterocycles. The topological polar surface area (TPSA) is 66.4 Å². The van der Waals surface area contributed by atoms with Gasteiger partial charge in [0.25, 0.3) is 5.91 Å². The van der Waals surface area contributed by atoms with Crippen LogP contribution in [-0.2, 0) is 10.5 Å². The highest BCUT2D eigenvalue weighted by Crippen LogP contribution is 2.13. The molecule has 2 N–H and O–H groups in total. The highest BCUT2D eigenvalue weighted by Gasteiger charge is 2.25. The van der Waals surface area contributed by atoms with E-state index in [9.17, 15) is 14.7 Å². The predicted octanol–water partition coefficient (Wildman–Crippen LogP) is 2.78. The van der Waals surface area contributed by atoms with Crippen LogP contribution in [0.2, 0.25) is 0 Å². The fourth-order valence-electron chi connectivity index (χ4n) is 1.88. The molecule has 0 radical (unpaired) electrons. The van der Waals surface area contributed by atoms with Crippen molar-refractivity contribution in [2.24, 2.45) is 5.92 Å². The summed E-state index contributed by atoms with van der Waals surface area (Å²) in [5, 5.41) is 11.8. The number of amides is 1. The molecule has 1 aromatic carbocycles. The fraction of sp³-hybridized carbons (Fsp3) is 0.467. The van der Waals surface area contributed by atoms with Crippen molar-refractivity contribution in [1.82, 2.24) is 5.32 Å². The van der Waals surface area contributed by atoms with Crippen LogP contribution in [0.1, 0.15) is 36.2 Å². The van der Waals surface area contributed by atoms with E-state index in [1.165, 1.54) is 0 Å². The second-order valence-corrected chi connectivity index (χ2v) is 5.67. The van der Waals surface area contributed by atoms with Crippen LogP contribution in [0.25, 0.3) is 0 Å². The number of aliphatic carboxylic acids is 1. The average Bonchev–Trinajstić information content (AvgIpc) is 2.44. The molecule has 0 aliphatic carbocycles. The smallest absolute Gasteiger partial charge is 0.326 e. The lowest BCUT2D eigenvalue weighted by molar-refractivity contribution is -0.140. The van der Waals surface area contributed by atoms with E-state index >= 15 is 0 Å². The zero-order chi connectivity index (χ0) is 15.1. The van der Waals surface area contributed by atoms with Crippen molar-refractivity contribution in [2.75, 3.05) is 6.26 Å². The van der Waals surface area contributed by atoms with Gasteiger partial charge in [0.1, 0.15) is 6.04 Å². The minimum Gasteiger partial charge on any atom is -0.480 e. The number of rotatable bonds is 7. The Bertz CT molecular complexity index is 476. The molecular weight excluding hydrogens is 274 g/mol. The van der Waals surface area contributed by atoms with Crippen molar-refractivity contribution in [1.29, 1.82) is 0 Å². The van der Waals surface area contributed by atoms with Gasteiger partial charge < -0.3 is 10.4 Å². The van der Waals surface area contributed by atoms with Gasteiger partial charge in [-0.05, 0) is 29.9 Å². The third kappa shape index (κ3) is 4.56. The Morgan fingerprint density at radius 3 is 2.65 bits per heavy atom. The Balaban J connectivity index is 2.83. The molecule has 0 aliphatic rings. The van der Waals surface area contributed by atoms with Crippen molar-refractivity contribution in [3.63, 3.8) is 0 Å². The Hall–Kier alpha value is -1.49. The van der Waals surface area contributed by atoms with Gasteiger partial charge in [0.2, 0.25) is 0 Å². The number of carbonyl (C=O) groups excluding carboxylic acids is 1.